The lowest BCUT2D eigenvalue weighted by atomic mass is 9.81. The first-order valence-corrected chi connectivity index (χ1v) is 7.05. The molecule has 0 amide bonds. The molecule has 0 bridgehead atoms. The lowest BCUT2D eigenvalue weighted by Gasteiger charge is -2.34. The normalized spacial score (nSPS) is 18.4. The Morgan fingerprint density at radius 2 is 2.00 bits per heavy atom. The van der Waals surface area contributed by atoms with Gasteiger partial charge in [0, 0.05) is 18.1 Å². The predicted octanol–water partition coefficient (Wildman–Crippen LogP) is 3.04. The van der Waals surface area contributed by atoms with Gasteiger partial charge in [0.25, 0.3) is 0 Å². The second-order valence-corrected chi connectivity index (χ2v) is 5.79. The van der Waals surface area contributed by atoms with Crippen LogP contribution in [-0.4, -0.2) is 24.6 Å². The molecule has 0 spiro atoms. The van der Waals surface area contributed by atoms with Gasteiger partial charge in [0.1, 0.15) is 5.82 Å². The summed E-state index contributed by atoms with van der Waals surface area (Å²) < 4.78 is 0. The summed E-state index contributed by atoms with van der Waals surface area (Å²) in [5, 5.41) is 9.44. The molecule has 19 heavy (non-hydrogen) atoms. The summed E-state index contributed by atoms with van der Waals surface area (Å²) in [6.45, 7) is 5.62. The topological polar surface area (TPSA) is 37.0 Å². The zero-order valence-corrected chi connectivity index (χ0v) is 11.4. The van der Waals surface area contributed by atoms with Crippen LogP contribution in [-0.2, 0) is 0 Å². The van der Waals surface area contributed by atoms with Gasteiger partial charge in [0.2, 0.25) is 0 Å². The summed E-state index contributed by atoms with van der Waals surface area (Å²) in [5.74, 6) is 1.01. The summed E-state index contributed by atoms with van der Waals surface area (Å²) in [6, 6.07) is 10.5. The van der Waals surface area contributed by atoms with Crippen molar-refractivity contribution in [1.29, 1.82) is 0 Å². The molecule has 3 nitrogen and oxygen atoms in total. The molecule has 0 atom stereocenters. The van der Waals surface area contributed by atoms with E-state index >= 15 is 0 Å². The first-order chi connectivity index (χ1) is 9.27. The molecule has 100 valence electrons. The molecule has 2 N–H and O–H groups in total. The molecule has 3 heteroatoms. The maximum Gasteiger partial charge on any atom is 0.133 e. The van der Waals surface area contributed by atoms with Crippen LogP contribution >= 0.6 is 0 Å². The minimum absolute atomic E-state index is 0.379. The average molecular weight is 255 g/mol. The summed E-state index contributed by atoms with van der Waals surface area (Å²) in [6.07, 6.45) is 4.34. The fraction of sp³-hybridized carbons (Fsp3) is 0.438. The van der Waals surface area contributed by atoms with E-state index in [2.05, 4.69) is 52.9 Å². The van der Waals surface area contributed by atoms with Crippen LogP contribution in [0.25, 0.3) is 10.8 Å². The van der Waals surface area contributed by atoms with Crippen molar-refractivity contribution in [3.8, 4) is 0 Å². The largest absolute Gasteiger partial charge is 0.369 e. The van der Waals surface area contributed by atoms with Crippen LogP contribution in [0.15, 0.2) is 36.5 Å². The van der Waals surface area contributed by atoms with Gasteiger partial charge in [-0.2, -0.15) is 0 Å². The Morgan fingerprint density at radius 1 is 1.21 bits per heavy atom. The van der Waals surface area contributed by atoms with E-state index in [4.69, 9.17) is 0 Å². The number of fused-ring (bicyclic) bond motifs is 1. The summed E-state index contributed by atoms with van der Waals surface area (Å²) >= 11 is 0. The van der Waals surface area contributed by atoms with Gasteiger partial charge in [-0.25, -0.2) is 4.98 Å². The van der Waals surface area contributed by atoms with Gasteiger partial charge < -0.3 is 10.6 Å². The lowest BCUT2D eigenvalue weighted by Crippen LogP contribution is -2.39. The molecular weight excluding hydrogens is 234 g/mol. The number of aromatic nitrogens is 1. The molecule has 2 heterocycles. The van der Waals surface area contributed by atoms with Gasteiger partial charge in [0.15, 0.2) is 0 Å². The Balaban J connectivity index is 1.78. The van der Waals surface area contributed by atoms with Gasteiger partial charge in [-0.05, 0) is 42.8 Å². The van der Waals surface area contributed by atoms with Crippen molar-refractivity contribution in [2.45, 2.75) is 19.8 Å². The Bertz CT molecular complexity index is 553. The first-order valence-electron chi connectivity index (χ1n) is 7.05. The van der Waals surface area contributed by atoms with Crippen molar-refractivity contribution < 1.29 is 0 Å². The molecule has 2 aromatic rings. The van der Waals surface area contributed by atoms with E-state index in [1.807, 2.05) is 6.20 Å². The maximum absolute atomic E-state index is 4.50. The van der Waals surface area contributed by atoms with Crippen LogP contribution in [0.3, 0.4) is 0 Å². The summed E-state index contributed by atoms with van der Waals surface area (Å²) in [4.78, 5) is 4.50. The van der Waals surface area contributed by atoms with E-state index in [9.17, 15) is 0 Å². The minimum atomic E-state index is 0.379. The molecule has 1 aromatic heterocycles. The van der Waals surface area contributed by atoms with Gasteiger partial charge >= 0.3 is 0 Å². The van der Waals surface area contributed by atoms with Crippen LogP contribution in [0.1, 0.15) is 19.8 Å². The number of rotatable bonds is 3. The van der Waals surface area contributed by atoms with Crippen LogP contribution in [0, 0.1) is 5.41 Å². The number of piperidine rings is 1. The van der Waals surface area contributed by atoms with E-state index < -0.39 is 0 Å². The summed E-state index contributed by atoms with van der Waals surface area (Å²) in [5.41, 5.74) is 0.379. The Labute approximate surface area is 114 Å². The molecule has 1 saturated heterocycles. The third kappa shape index (κ3) is 2.71. The van der Waals surface area contributed by atoms with Gasteiger partial charge in [-0.15, -0.1) is 0 Å². The monoisotopic (exact) mass is 255 g/mol. The second kappa shape index (κ2) is 5.17. The molecule has 0 saturated carbocycles. The highest BCUT2D eigenvalue weighted by atomic mass is 15.0. The van der Waals surface area contributed by atoms with E-state index in [0.29, 0.717) is 5.41 Å². The fourth-order valence-corrected chi connectivity index (χ4v) is 2.76. The Kier molecular flexibility index (Phi) is 3.38. The van der Waals surface area contributed by atoms with Crippen molar-refractivity contribution in [2.24, 2.45) is 5.41 Å². The zero-order chi connectivity index (χ0) is 13.1. The number of pyridine rings is 1. The van der Waals surface area contributed by atoms with Crippen molar-refractivity contribution >= 4 is 16.6 Å². The van der Waals surface area contributed by atoms with Crippen molar-refractivity contribution in [3.05, 3.63) is 36.5 Å². The second-order valence-electron chi connectivity index (χ2n) is 5.79. The standard InChI is InChI=1S/C16H21N3/c1-16(7-10-17-11-8-16)12-19-15-14-5-3-2-4-13(14)6-9-18-15/h2-6,9,17H,7-8,10-12H2,1H3,(H,18,19). The lowest BCUT2D eigenvalue weighted by molar-refractivity contribution is 0.247. The van der Waals surface area contributed by atoms with Crippen LogP contribution in [0.5, 0.6) is 0 Å². The van der Waals surface area contributed by atoms with E-state index in [-0.39, 0.29) is 0 Å². The molecule has 1 fully saturated rings. The molecule has 1 aliphatic rings. The smallest absolute Gasteiger partial charge is 0.133 e. The molecule has 3 rings (SSSR count). The molecule has 1 aliphatic heterocycles. The first kappa shape index (κ1) is 12.4. The predicted molar refractivity (Wildman–Crippen MR) is 80.4 cm³/mol. The highest BCUT2D eigenvalue weighted by Crippen LogP contribution is 2.29. The van der Waals surface area contributed by atoms with Gasteiger partial charge in [0.05, 0.1) is 0 Å². The van der Waals surface area contributed by atoms with E-state index in [0.717, 1.165) is 25.5 Å². The quantitative estimate of drug-likeness (QED) is 0.885. The average Bonchev–Trinajstić information content (AvgIpc) is 2.46. The third-order valence-electron chi connectivity index (χ3n) is 4.17. The highest BCUT2D eigenvalue weighted by Gasteiger charge is 2.26. The maximum atomic E-state index is 4.50. The zero-order valence-electron chi connectivity index (χ0n) is 11.4. The molecule has 0 radical (unpaired) electrons. The van der Waals surface area contributed by atoms with Gasteiger partial charge in [-0.1, -0.05) is 31.2 Å². The fourth-order valence-electron chi connectivity index (χ4n) is 2.76. The van der Waals surface area contributed by atoms with Crippen LogP contribution in [0.4, 0.5) is 5.82 Å². The van der Waals surface area contributed by atoms with Crippen molar-refractivity contribution in [3.63, 3.8) is 0 Å². The van der Waals surface area contributed by atoms with E-state index in [1.165, 1.54) is 23.6 Å². The van der Waals surface area contributed by atoms with Crippen molar-refractivity contribution in [2.75, 3.05) is 25.0 Å². The number of nitrogens with zero attached hydrogens (tertiary/aromatic N) is 1. The number of hydrogen-bond donors (Lipinski definition) is 2. The summed E-state index contributed by atoms with van der Waals surface area (Å²) in [7, 11) is 0. The molecular formula is C16H21N3. The third-order valence-corrected chi connectivity index (χ3v) is 4.17. The van der Waals surface area contributed by atoms with Crippen LogP contribution < -0.4 is 10.6 Å². The Morgan fingerprint density at radius 3 is 2.84 bits per heavy atom. The highest BCUT2D eigenvalue weighted by molar-refractivity contribution is 5.91. The van der Waals surface area contributed by atoms with Crippen molar-refractivity contribution in [1.82, 2.24) is 10.3 Å². The molecule has 1 aromatic carbocycles. The van der Waals surface area contributed by atoms with E-state index in [1.54, 1.807) is 0 Å². The minimum Gasteiger partial charge on any atom is -0.369 e. The number of nitrogens with one attached hydrogen (secondary N) is 2. The van der Waals surface area contributed by atoms with Crippen LogP contribution in [0.2, 0.25) is 0 Å². The molecule has 0 unspecified atom stereocenters. The Hall–Kier alpha value is -1.61. The number of benzene rings is 1. The molecule has 0 aliphatic carbocycles. The SMILES string of the molecule is CC1(CNc2nccc3ccccc23)CCNCC1. The number of anilines is 1. The number of hydrogen-bond acceptors (Lipinski definition) is 3. The van der Waals surface area contributed by atoms with Gasteiger partial charge in [-0.3, -0.25) is 0 Å².